The summed E-state index contributed by atoms with van der Waals surface area (Å²) >= 11 is 0. The lowest BCUT2D eigenvalue weighted by molar-refractivity contribution is 0.102. The van der Waals surface area contributed by atoms with E-state index in [1.807, 2.05) is 0 Å². The second-order valence-corrected chi connectivity index (χ2v) is 4.22. The van der Waals surface area contributed by atoms with Crippen molar-refractivity contribution in [2.75, 3.05) is 17.8 Å². The molecule has 2 aromatic rings. The van der Waals surface area contributed by atoms with Crippen LogP contribution in [0, 0.1) is 5.82 Å². The van der Waals surface area contributed by atoms with Gasteiger partial charge in [0.2, 0.25) is 6.79 Å². The number of nitrogens with two attached hydrogens (primary N) is 1. The Labute approximate surface area is 114 Å². The second kappa shape index (κ2) is 4.73. The maximum absolute atomic E-state index is 13.3. The molecule has 2 aromatic carbocycles. The monoisotopic (exact) mass is 274 g/mol. The fourth-order valence-electron chi connectivity index (χ4n) is 1.91. The van der Waals surface area contributed by atoms with Gasteiger partial charge in [0.25, 0.3) is 5.91 Å². The first-order valence-electron chi connectivity index (χ1n) is 5.90. The van der Waals surface area contributed by atoms with Crippen molar-refractivity contribution in [1.29, 1.82) is 0 Å². The molecule has 0 atom stereocenters. The molecule has 6 heteroatoms. The molecular formula is C14H11FN2O3. The van der Waals surface area contributed by atoms with E-state index in [-0.39, 0.29) is 18.0 Å². The minimum atomic E-state index is -0.622. The number of nitrogen functional groups attached to an aromatic ring is 1. The van der Waals surface area contributed by atoms with Crippen LogP contribution < -0.4 is 20.5 Å². The van der Waals surface area contributed by atoms with Gasteiger partial charge in [0, 0.05) is 11.8 Å². The number of amides is 1. The van der Waals surface area contributed by atoms with E-state index < -0.39 is 11.7 Å². The van der Waals surface area contributed by atoms with Crippen LogP contribution in [0.5, 0.6) is 11.5 Å². The van der Waals surface area contributed by atoms with Gasteiger partial charge in [-0.3, -0.25) is 4.79 Å². The van der Waals surface area contributed by atoms with E-state index in [1.54, 1.807) is 18.2 Å². The molecular weight excluding hydrogens is 263 g/mol. The van der Waals surface area contributed by atoms with E-state index in [9.17, 15) is 9.18 Å². The lowest BCUT2D eigenvalue weighted by atomic mass is 10.1. The number of carbonyl (C=O) groups is 1. The van der Waals surface area contributed by atoms with Gasteiger partial charge in [0.15, 0.2) is 11.5 Å². The maximum atomic E-state index is 13.3. The van der Waals surface area contributed by atoms with Crippen LogP contribution in [-0.4, -0.2) is 12.7 Å². The standard InChI is InChI=1S/C14H11FN2O3/c15-10-3-1-2-9(13(10)16)14(18)17-8-4-5-11-12(6-8)20-7-19-11/h1-6H,7,16H2,(H,17,18). The molecule has 1 aliphatic rings. The number of anilines is 2. The zero-order valence-electron chi connectivity index (χ0n) is 10.4. The average molecular weight is 274 g/mol. The third-order valence-corrected chi connectivity index (χ3v) is 2.93. The van der Waals surface area contributed by atoms with Gasteiger partial charge in [0.05, 0.1) is 11.3 Å². The van der Waals surface area contributed by atoms with Crippen LogP contribution in [0.1, 0.15) is 10.4 Å². The van der Waals surface area contributed by atoms with Gasteiger partial charge in [-0.15, -0.1) is 0 Å². The summed E-state index contributed by atoms with van der Waals surface area (Å²) in [5.41, 5.74) is 5.97. The van der Waals surface area contributed by atoms with Gasteiger partial charge in [-0.25, -0.2) is 4.39 Å². The molecule has 0 aromatic heterocycles. The largest absolute Gasteiger partial charge is 0.454 e. The predicted octanol–water partition coefficient (Wildman–Crippen LogP) is 2.39. The lowest BCUT2D eigenvalue weighted by Crippen LogP contribution is -2.14. The molecule has 0 fully saturated rings. The van der Waals surface area contributed by atoms with E-state index in [0.29, 0.717) is 17.2 Å². The van der Waals surface area contributed by atoms with Crippen molar-refractivity contribution in [3.63, 3.8) is 0 Å². The van der Waals surface area contributed by atoms with Crippen LogP contribution in [0.4, 0.5) is 15.8 Å². The number of rotatable bonds is 2. The van der Waals surface area contributed by atoms with E-state index in [1.165, 1.54) is 18.2 Å². The van der Waals surface area contributed by atoms with Crippen LogP contribution in [0.15, 0.2) is 36.4 Å². The number of hydrogen-bond acceptors (Lipinski definition) is 4. The third kappa shape index (κ3) is 2.11. The van der Waals surface area contributed by atoms with Gasteiger partial charge < -0.3 is 20.5 Å². The summed E-state index contributed by atoms with van der Waals surface area (Å²) < 4.78 is 23.7. The maximum Gasteiger partial charge on any atom is 0.257 e. The Morgan fingerprint density at radius 2 is 2.00 bits per heavy atom. The molecule has 0 unspecified atom stereocenters. The number of hydrogen-bond donors (Lipinski definition) is 2. The number of ether oxygens (including phenoxy) is 2. The number of halogens is 1. The zero-order valence-corrected chi connectivity index (χ0v) is 10.4. The van der Waals surface area contributed by atoms with E-state index in [4.69, 9.17) is 15.2 Å². The van der Waals surface area contributed by atoms with E-state index >= 15 is 0 Å². The highest BCUT2D eigenvalue weighted by Crippen LogP contribution is 2.34. The molecule has 3 rings (SSSR count). The lowest BCUT2D eigenvalue weighted by Gasteiger charge is -2.08. The molecule has 1 heterocycles. The number of nitrogens with one attached hydrogen (secondary N) is 1. The Bertz CT molecular complexity index is 688. The Kier molecular flexibility index (Phi) is 2.90. The van der Waals surface area contributed by atoms with Gasteiger partial charge >= 0.3 is 0 Å². The Morgan fingerprint density at radius 3 is 2.85 bits per heavy atom. The van der Waals surface area contributed by atoms with Crippen molar-refractivity contribution in [3.05, 3.63) is 47.8 Å². The highest BCUT2D eigenvalue weighted by molar-refractivity contribution is 6.07. The third-order valence-electron chi connectivity index (χ3n) is 2.93. The van der Waals surface area contributed by atoms with Gasteiger partial charge in [-0.2, -0.15) is 0 Å². The molecule has 5 nitrogen and oxygen atoms in total. The summed E-state index contributed by atoms with van der Waals surface area (Å²) in [5.74, 6) is 0.0625. The molecule has 0 radical (unpaired) electrons. The van der Waals surface area contributed by atoms with E-state index in [0.717, 1.165) is 0 Å². The van der Waals surface area contributed by atoms with Crippen molar-refractivity contribution in [1.82, 2.24) is 0 Å². The number of benzene rings is 2. The molecule has 1 amide bonds. The molecule has 20 heavy (non-hydrogen) atoms. The highest BCUT2D eigenvalue weighted by Gasteiger charge is 2.16. The summed E-state index contributed by atoms with van der Waals surface area (Å²) in [4.78, 5) is 12.1. The van der Waals surface area contributed by atoms with Crippen molar-refractivity contribution < 1.29 is 18.7 Å². The fraction of sp³-hybridized carbons (Fsp3) is 0.0714. The van der Waals surface area contributed by atoms with Crippen LogP contribution in [0.2, 0.25) is 0 Å². The molecule has 1 aliphatic heterocycles. The smallest absolute Gasteiger partial charge is 0.257 e. The van der Waals surface area contributed by atoms with Crippen molar-refractivity contribution in [3.8, 4) is 11.5 Å². The summed E-state index contributed by atoms with van der Waals surface area (Å²) in [6.45, 7) is 0.156. The summed E-state index contributed by atoms with van der Waals surface area (Å²) in [5, 5.41) is 2.63. The van der Waals surface area contributed by atoms with Crippen LogP contribution in [0.3, 0.4) is 0 Å². The minimum Gasteiger partial charge on any atom is -0.454 e. The topological polar surface area (TPSA) is 73.6 Å². The normalized spacial score (nSPS) is 12.2. The molecule has 0 spiro atoms. The van der Waals surface area contributed by atoms with Crippen molar-refractivity contribution >= 4 is 17.3 Å². The predicted molar refractivity (Wildman–Crippen MR) is 71.3 cm³/mol. The molecule has 0 saturated heterocycles. The first-order valence-corrected chi connectivity index (χ1v) is 5.90. The second-order valence-electron chi connectivity index (χ2n) is 4.22. The first-order chi connectivity index (χ1) is 9.65. The number of para-hydroxylation sites is 1. The van der Waals surface area contributed by atoms with Crippen molar-refractivity contribution in [2.24, 2.45) is 0 Å². The summed E-state index contributed by atoms with van der Waals surface area (Å²) in [6.07, 6.45) is 0. The summed E-state index contributed by atoms with van der Waals surface area (Å²) in [7, 11) is 0. The quantitative estimate of drug-likeness (QED) is 0.825. The zero-order chi connectivity index (χ0) is 14.1. The Hall–Kier alpha value is -2.76. The highest BCUT2D eigenvalue weighted by atomic mass is 19.1. The number of carbonyl (C=O) groups excluding carboxylic acids is 1. The van der Waals surface area contributed by atoms with Crippen LogP contribution in [0.25, 0.3) is 0 Å². The Balaban J connectivity index is 1.84. The number of fused-ring (bicyclic) bond motifs is 1. The molecule has 0 saturated carbocycles. The SMILES string of the molecule is Nc1c(F)cccc1C(=O)Nc1ccc2c(c1)OCO2. The molecule has 0 bridgehead atoms. The van der Waals surface area contributed by atoms with E-state index in [2.05, 4.69) is 5.32 Å². The van der Waals surface area contributed by atoms with Gasteiger partial charge in [0.1, 0.15) is 5.82 Å². The van der Waals surface area contributed by atoms with Crippen LogP contribution >= 0.6 is 0 Å². The average Bonchev–Trinajstić information content (AvgIpc) is 2.89. The van der Waals surface area contributed by atoms with Crippen molar-refractivity contribution in [2.45, 2.75) is 0 Å². The fourth-order valence-corrected chi connectivity index (χ4v) is 1.91. The van der Waals surface area contributed by atoms with Gasteiger partial charge in [-0.1, -0.05) is 6.07 Å². The summed E-state index contributed by atoms with van der Waals surface area (Å²) in [6, 6.07) is 9.08. The minimum absolute atomic E-state index is 0.0858. The first kappa shape index (κ1) is 12.3. The molecule has 0 aliphatic carbocycles. The molecule has 3 N–H and O–H groups in total. The van der Waals surface area contributed by atoms with Crippen LogP contribution in [-0.2, 0) is 0 Å². The Morgan fingerprint density at radius 1 is 1.20 bits per heavy atom. The van der Waals surface area contributed by atoms with Gasteiger partial charge in [-0.05, 0) is 24.3 Å². The molecule has 102 valence electrons.